The second kappa shape index (κ2) is 9.44. The standard InChI is InChI=1S/C19H37N5O2/c1-19(2,3)26-18(25)22-12-13-5-7-14(8-6-13)23-15-9-10-16(11-15)24-17(20)21-4/h13-16,23H,5-12H2,1-4H3,(H,22,25)(H3,20,21,24)/t13?,14?,15-,16-/m0/s1. The lowest BCUT2D eigenvalue weighted by molar-refractivity contribution is 0.0514. The van der Waals surface area contributed by atoms with Gasteiger partial charge in [-0.1, -0.05) is 0 Å². The number of nitrogens with zero attached hydrogens (tertiary/aromatic N) is 1. The van der Waals surface area contributed by atoms with E-state index in [1.807, 2.05) is 20.8 Å². The molecule has 0 unspecified atom stereocenters. The molecule has 0 aromatic rings. The molecule has 2 atom stereocenters. The Hall–Kier alpha value is -1.50. The Morgan fingerprint density at radius 3 is 2.31 bits per heavy atom. The van der Waals surface area contributed by atoms with Gasteiger partial charge in [-0.25, -0.2) is 4.79 Å². The first-order chi connectivity index (χ1) is 12.2. The van der Waals surface area contributed by atoms with Crippen LogP contribution in [-0.4, -0.2) is 49.4 Å². The number of amides is 1. The second-order valence-corrected chi connectivity index (χ2v) is 8.73. The van der Waals surface area contributed by atoms with Crippen LogP contribution in [-0.2, 0) is 4.74 Å². The van der Waals surface area contributed by atoms with Gasteiger partial charge in [0.15, 0.2) is 5.96 Å². The molecule has 0 saturated heterocycles. The molecule has 1 amide bonds. The van der Waals surface area contributed by atoms with E-state index in [-0.39, 0.29) is 6.09 Å². The van der Waals surface area contributed by atoms with Gasteiger partial charge in [0, 0.05) is 31.7 Å². The number of rotatable bonds is 5. The summed E-state index contributed by atoms with van der Waals surface area (Å²) in [6.07, 6.45) is 7.78. The van der Waals surface area contributed by atoms with E-state index in [0.29, 0.717) is 36.5 Å². The van der Waals surface area contributed by atoms with E-state index in [1.165, 1.54) is 19.3 Å². The smallest absolute Gasteiger partial charge is 0.407 e. The highest BCUT2D eigenvalue weighted by Gasteiger charge is 2.29. The number of nitrogens with two attached hydrogens (primary N) is 1. The van der Waals surface area contributed by atoms with Crippen molar-refractivity contribution in [3.8, 4) is 0 Å². The molecule has 150 valence electrons. The van der Waals surface area contributed by atoms with Crippen molar-refractivity contribution in [2.45, 2.75) is 89.4 Å². The minimum Gasteiger partial charge on any atom is -0.444 e. The van der Waals surface area contributed by atoms with Gasteiger partial charge in [0.25, 0.3) is 0 Å². The lowest BCUT2D eigenvalue weighted by atomic mass is 9.85. The molecule has 26 heavy (non-hydrogen) atoms. The van der Waals surface area contributed by atoms with E-state index in [1.54, 1.807) is 7.05 Å². The van der Waals surface area contributed by atoms with Crippen molar-refractivity contribution in [1.82, 2.24) is 16.0 Å². The van der Waals surface area contributed by atoms with E-state index in [0.717, 1.165) is 25.7 Å². The molecule has 0 heterocycles. The van der Waals surface area contributed by atoms with Crippen LogP contribution in [0, 0.1) is 5.92 Å². The summed E-state index contributed by atoms with van der Waals surface area (Å²) in [6.45, 7) is 6.37. The van der Waals surface area contributed by atoms with E-state index in [2.05, 4.69) is 20.9 Å². The second-order valence-electron chi connectivity index (χ2n) is 8.73. The Bertz CT molecular complexity index is 481. The molecule has 0 aliphatic heterocycles. The van der Waals surface area contributed by atoms with E-state index in [4.69, 9.17) is 10.5 Å². The van der Waals surface area contributed by atoms with Crippen molar-refractivity contribution in [2.75, 3.05) is 13.6 Å². The fraction of sp³-hybridized carbons (Fsp3) is 0.895. The van der Waals surface area contributed by atoms with Crippen LogP contribution in [0.1, 0.15) is 65.7 Å². The Balaban J connectivity index is 1.61. The van der Waals surface area contributed by atoms with Crippen molar-refractivity contribution in [1.29, 1.82) is 0 Å². The van der Waals surface area contributed by atoms with Crippen molar-refractivity contribution in [3.05, 3.63) is 0 Å². The summed E-state index contributed by atoms with van der Waals surface area (Å²) in [4.78, 5) is 15.7. The molecule has 0 aromatic heterocycles. The summed E-state index contributed by atoms with van der Waals surface area (Å²) in [5.41, 5.74) is 5.32. The topological polar surface area (TPSA) is 101 Å². The first-order valence-corrected chi connectivity index (χ1v) is 9.97. The first-order valence-electron chi connectivity index (χ1n) is 9.97. The lowest BCUT2D eigenvalue weighted by Crippen LogP contribution is -2.43. The van der Waals surface area contributed by atoms with E-state index >= 15 is 0 Å². The van der Waals surface area contributed by atoms with E-state index in [9.17, 15) is 4.79 Å². The molecule has 7 heteroatoms. The van der Waals surface area contributed by atoms with Crippen LogP contribution in [0.4, 0.5) is 4.79 Å². The maximum Gasteiger partial charge on any atom is 0.407 e. The third kappa shape index (κ3) is 7.40. The number of guanidine groups is 1. The number of aliphatic imine (C=N–C) groups is 1. The minimum absolute atomic E-state index is 0.308. The summed E-state index contributed by atoms with van der Waals surface area (Å²) in [5.74, 6) is 1.09. The molecule has 0 spiro atoms. The molecule has 2 fully saturated rings. The zero-order valence-electron chi connectivity index (χ0n) is 16.8. The monoisotopic (exact) mass is 367 g/mol. The summed E-state index contributed by atoms with van der Waals surface area (Å²) in [6, 6.07) is 1.60. The summed E-state index contributed by atoms with van der Waals surface area (Å²) in [5, 5.41) is 10.0. The van der Waals surface area contributed by atoms with Gasteiger partial charge in [0.1, 0.15) is 5.60 Å². The van der Waals surface area contributed by atoms with E-state index < -0.39 is 5.60 Å². The normalized spacial score (nSPS) is 30.1. The Morgan fingerprint density at radius 1 is 1.08 bits per heavy atom. The average Bonchev–Trinajstić information content (AvgIpc) is 2.99. The van der Waals surface area contributed by atoms with Crippen LogP contribution in [0.3, 0.4) is 0 Å². The van der Waals surface area contributed by atoms with Crippen molar-refractivity contribution < 1.29 is 9.53 Å². The molecule has 0 aromatic carbocycles. The molecular weight excluding hydrogens is 330 g/mol. The van der Waals surface area contributed by atoms with Gasteiger partial charge in [-0.2, -0.15) is 0 Å². The van der Waals surface area contributed by atoms with Crippen molar-refractivity contribution in [3.63, 3.8) is 0 Å². The number of carbonyl (C=O) groups excluding carboxylic acids is 1. The van der Waals surface area contributed by atoms with Gasteiger partial charge in [-0.15, -0.1) is 0 Å². The minimum atomic E-state index is -0.437. The van der Waals surface area contributed by atoms with Gasteiger partial charge in [0.2, 0.25) is 0 Å². The first kappa shape index (κ1) is 20.8. The summed E-state index contributed by atoms with van der Waals surface area (Å²) < 4.78 is 5.30. The maximum atomic E-state index is 11.8. The van der Waals surface area contributed by atoms with Gasteiger partial charge in [-0.05, 0) is 71.6 Å². The van der Waals surface area contributed by atoms with Crippen molar-refractivity contribution >= 4 is 12.1 Å². The maximum absolute atomic E-state index is 11.8. The average molecular weight is 368 g/mol. The summed E-state index contributed by atoms with van der Waals surface area (Å²) >= 11 is 0. The van der Waals surface area contributed by atoms with Crippen LogP contribution >= 0.6 is 0 Å². The Morgan fingerprint density at radius 2 is 1.69 bits per heavy atom. The Labute approximate surface area is 157 Å². The third-order valence-corrected chi connectivity index (χ3v) is 5.28. The number of carbonyl (C=O) groups is 1. The number of hydrogen-bond donors (Lipinski definition) is 4. The molecule has 7 nitrogen and oxygen atoms in total. The molecule has 2 aliphatic rings. The SMILES string of the molecule is CN=C(N)N[C@H]1CC[C@H](NC2CCC(CNC(=O)OC(C)(C)C)CC2)C1. The molecule has 5 N–H and O–H groups in total. The number of alkyl carbamates (subject to hydrolysis) is 1. The highest BCUT2D eigenvalue weighted by molar-refractivity contribution is 5.77. The fourth-order valence-electron chi connectivity index (χ4n) is 3.95. The zero-order valence-corrected chi connectivity index (χ0v) is 16.8. The molecule has 2 saturated carbocycles. The van der Waals surface area contributed by atoms with Gasteiger partial charge < -0.3 is 26.4 Å². The predicted octanol–water partition coefficient (Wildman–Crippen LogP) is 2.11. The number of hydrogen-bond acceptors (Lipinski definition) is 4. The van der Waals surface area contributed by atoms with Crippen molar-refractivity contribution in [2.24, 2.45) is 16.6 Å². The van der Waals surface area contributed by atoms with Crippen LogP contribution in [0.5, 0.6) is 0 Å². The zero-order chi connectivity index (χ0) is 19.2. The lowest BCUT2D eigenvalue weighted by Gasteiger charge is -2.31. The fourth-order valence-corrected chi connectivity index (χ4v) is 3.95. The largest absolute Gasteiger partial charge is 0.444 e. The van der Waals surface area contributed by atoms with Gasteiger partial charge in [0.05, 0.1) is 0 Å². The third-order valence-electron chi connectivity index (χ3n) is 5.28. The van der Waals surface area contributed by atoms with Gasteiger partial charge >= 0.3 is 6.09 Å². The highest BCUT2D eigenvalue weighted by atomic mass is 16.6. The predicted molar refractivity (Wildman–Crippen MR) is 105 cm³/mol. The molecule has 0 radical (unpaired) electrons. The summed E-state index contributed by atoms with van der Waals surface area (Å²) in [7, 11) is 1.71. The quantitative estimate of drug-likeness (QED) is 0.440. The number of nitrogens with one attached hydrogen (secondary N) is 3. The molecule has 2 aliphatic carbocycles. The van der Waals surface area contributed by atoms with Gasteiger partial charge in [-0.3, -0.25) is 4.99 Å². The number of ether oxygens (including phenoxy) is 1. The van der Waals surface area contributed by atoms with Crippen LogP contribution < -0.4 is 21.7 Å². The van der Waals surface area contributed by atoms with Crippen LogP contribution in [0.25, 0.3) is 0 Å². The highest BCUT2D eigenvalue weighted by Crippen LogP contribution is 2.27. The van der Waals surface area contributed by atoms with Crippen LogP contribution in [0.15, 0.2) is 4.99 Å². The Kier molecular flexibility index (Phi) is 7.55. The molecule has 0 bridgehead atoms. The molecular formula is C19H37N5O2. The van der Waals surface area contributed by atoms with Crippen LogP contribution in [0.2, 0.25) is 0 Å². The molecule has 2 rings (SSSR count).